The Morgan fingerprint density at radius 1 is 0.939 bits per heavy atom. The highest BCUT2D eigenvalue weighted by molar-refractivity contribution is 7.92. The van der Waals surface area contributed by atoms with Crippen LogP contribution in [0.15, 0.2) is 65.6 Å². The van der Waals surface area contributed by atoms with Gasteiger partial charge in [-0.1, -0.05) is 44.2 Å². The van der Waals surface area contributed by atoms with Crippen molar-refractivity contribution in [3.8, 4) is 5.75 Å². The van der Waals surface area contributed by atoms with E-state index in [0.717, 1.165) is 27.9 Å². The molecule has 0 bridgehead atoms. The van der Waals surface area contributed by atoms with Gasteiger partial charge in [0.2, 0.25) is 0 Å². The molecule has 0 saturated carbocycles. The van der Waals surface area contributed by atoms with Gasteiger partial charge in [0.15, 0.2) is 6.61 Å². The highest BCUT2D eigenvalue weighted by Crippen LogP contribution is 2.27. The van der Waals surface area contributed by atoms with Crippen LogP contribution in [0.3, 0.4) is 0 Å². The van der Waals surface area contributed by atoms with Crippen molar-refractivity contribution in [1.82, 2.24) is 0 Å². The number of rotatable bonds is 8. The van der Waals surface area contributed by atoms with Gasteiger partial charge < -0.3 is 10.1 Å². The molecule has 0 aliphatic rings. The Kier molecular flexibility index (Phi) is 7.43. The van der Waals surface area contributed by atoms with Crippen LogP contribution in [-0.2, 0) is 14.8 Å². The van der Waals surface area contributed by atoms with E-state index in [1.807, 2.05) is 51.1 Å². The highest BCUT2D eigenvalue weighted by Gasteiger charge is 2.16. The van der Waals surface area contributed by atoms with E-state index in [9.17, 15) is 13.2 Å². The number of sulfonamides is 1. The van der Waals surface area contributed by atoms with Gasteiger partial charge >= 0.3 is 0 Å². The summed E-state index contributed by atoms with van der Waals surface area (Å²) >= 11 is 0. The van der Waals surface area contributed by atoms with Crippen LogP contribution in [-0.4, -0.2) is 20.9 Å². The smallest absolute Gasteiger partial charge is 0.262 e. The van der Waals surface area contributed by atoms with Crippen molar-refractivity contribution in [3.05, 3.63) is 82.9 Å². The Balaban J connectivity index is 1.64. The van der Waals surface area contributed by atoms with E-state index in [2.05, 4.69) is 23.9 Å². The SMILES string of the molecule is Cc1ccc(C)c(NS(=O)(=O)c2ccc(OCC(=O)Nc3c(C)cccc3C(C)C)cc2)c1. The molecule has 0 radical (unpaired) electrons. The summed E-state index contributed by atoms with van der Waals surface area (Å²) in [6, 6.07) is 17.5. The van der Waals surface area contributed by atoms with Gasteiger partial charge in [-0.2, -0.15) is 0 Å². The van der Waals surface area contributed by atoms with E-state index in [4.69, 9.17) is 4.74 Å². The number of benzene rings is 3. The molecule has 0 atom stereocenters. The zero-order valence-corrected chi connectivity index (χ0v) is 20.4. The number of anilines is 2. The van der Waals surface area contributed by atoms with Crippen LogP contribution in [0, 0.1) is 20.8 Å². The van der Waals surface area contributed by atoms with Gasteiger partial charge in [0.1, 0.15) is 5.75 Å². The first-order chi connectivity index (χ1) is 15.6. The summed E-state index contributed by atoms with van der Waals surface area (Å²) in [6.07, 6.45) is 0. The van der Waals surface area contributed by atoms with E-state index < -0.39 is 10.0 Å². The summed E-state index contributed by atoms with van der Waals surface area (Å²) in [5, 5.41) is 2.93. The van der Waals surface area contributed by atoms with Gasteiger partial charge in [-0.25, -0.2) is 8.42 Å². The summed E-state index contributed by atoms with van der Waals surface area (Å²) in [5.74, 6) is 0.400. The minimum Gasteiger partial charge on any atom is -0.484 e. The van der Waals surface area contributed by atoms with E-state index >= 15 is 0 Å². The summed E-state index contributed by atoms with van der Waals surface area (Å²) in [6.45, 7) is 9.67. The molecule has 0 aliphatic carbocycles. The van der Waals surface area contributed by atoms with Gasteiger partial charge in [-0.15, -0.1) is 0 Å². The number of para-hydroxylation sites is 1. The first kappa shape index (κ1) is 24.3. The molecule has 7 heteroatoms. The molecular formula is C26H30N2O4S. The maximum absolute atomic E-state index is 12.7. The monoisotopic (exact) mass is 466 g/mol. The van der Waals surface area contributed by atoms with Gasteiger partial charge in [-0.3, -0.25) is 9.52 Å². The Morgan fingerprint density at radius 3 is 2.30 bits per heavy atom. The van der Waals surface area contributed by atoms with Crippen molar-refractivity contribution in [2.24, 2.45) is 0 Å². The molecule has 0 aromatic heterocycles. The second kappa shape index (κ2) is 10.1. The Morgan fingerprint density at radius 2 is 1.64 bits per heavy atom. The lowest BCUT2D eigenvalue weighted by Gasteiger charge is -2.16. The first-order valence-corrected chi connectivity index (χ1v) is 12.3. The van der Waals surface area contributed by atoms with Crippen LogP contribution < -0.4 is 14.8 Å². The normalized spacial score (nSPS) is 11.3. The number of nitrogens with one attached hydrogen (secondary N) is 2. The second-order valence-electron chi connectivity index (χ2n) is 8.43. The van der Waals surface area contributed by atoms with Crippen LogP contribution in [0.4, 0.5) is 11.4 Å². The minimum absolute atomic E-state index is 0.113. The number of carbonyl (C=O) groups excluding carboxylic acids is 1. The molecule has 0 saturated heterocycles. The summed E-state index contributed by atoms with van der Waals surface area (Å²) in [7, 11) is -3.74. The molecule has 3 rings (SSSR count). The number of hydrogen-bond acceptors (Lipinski definition) is 4. The summed E-state index contributed by atoms with van der Waals surface area (Å²) in [5.41, 5.74) is 5.20. The molecule has 2 N–H and O–H groups in total. The average Bonchev–Trinajstić information content (AvgIpc) is 2.76. The summed E-state index contributed by atoms with van der Waals surface area (Å²) in [4.78, 5) is 12.6. The highest BCUT2D eigenvalue weighted by atomic mass is 32.2. The molecule has 6 nitrogen and oxygen atoms in total. The molecule has 0 fully saturated rings. The first-order valence-electron chi connectivity index (χ1n) is 10.8. The van der Waals surface area contributed by atoms with Crippen molar-refractivity contribution in [3.63, 3.8) is 0 Å². The summed E-state index contributed by atoms with van der Waals surface area (Å²) < 4.78 is 33.7. The molecule has 1 amide bonds. The van der Waals surface area contributed by atoms with Crippen molar-refractivity contribution < 1.29 is 17.9 Å². The number of amides is 1. The van der Waals surface area contributed by atoms with Crippen LogP contribution in [0.25, 0.3) is 0 Å². The third-order valence-electron chi connectivity index (χ3n) is 5.33. The Labute approximate surface area is 196 Å². The predicted molar refractivity (Wildman–Crippen MR) is 133 cm³/mol. The van der Waals surface area contributed by atoms with Gasteiger partial charge in [0, 0.05) is 5.69 Å². The fraction of sp³-hybridized carbons (Fsp3) is 0.269. The number of hydrogen-bond donors (Lipinski definition) is 2. The molecular weight excluding hydrogens is 436 g/mol. The molecule has 0 aliphatic heterocycles. The third kappa shape index (κ3) is 6.14. The standard InChI is InChI=1S/C26H30N2O4S/c1-17(2)23-8-6-7-20(5)26(23)27-25(29)16-32-21-11-13-22(14-12-21)33(30,31)28-24-15-18(3)9-10-19(24)4/h6-15,17,28H,16H2,1-5H3,(H,27,29). The van der Waals surface area contributed by atoms with Gasteiger partial charge in [0.05, 0.1) is 10.6 Å². The van der Waals surface area contributed by atoms with Gasteiger partial charge in [0.25, 0.3) is 15.9 Å². The fourth-order valence-corrected chi connectivity index (χ4v) is 4.55. The number of carbonyl (C=O) groups is 1. The van der Waals surface area contributed by atoms with E-state index in [0.29, 0.717) is 11.4 Å². The van der Waals surface area contributed by atoms with Crippen LogP contribution in [0.2, 0.25) is 0 Å². The second-order valence-corrected chi connectivity index (χ2v) is 10.1. The van der Waals surface area contributed by atoms with Crippen molar-refractivity contribution >= 4 is 27.3 Å². The fourth-order valence-electron chi connectivity index (χ4n) is 3.43. The zero-order chi connectivity index (χ0) is 24.2. The Bertz CT molecular complexity index is 1250. The molecule has 0 heterocycles. The largest absolute Gasteiger partial charge is 0.484 e. The lowest BCUT2D eigenvalue weighted by molar-refractivity contribution is -0.118. The third-order valence-corrected chi connectivity index (χ3v) is 6.71. The van der Waals surface area contributed by atoms with Crippen LogP contribution in [0.5, 0.6) is 5.75 Å². The zero-order valence-electron chi connectivity index (χ0n) is 19.6. The van der Waals surface area contributed by atoms with Crippen LogP contribution in [0.1, 0.15) is 42.0 Å². The molecule has 33 heavy (non-hydrogen) atoms. The molecule has 3 aromatic rings. The van der Waals surface area contributed by atoms with E-state index in [1.54, 1.807) is 6.07 Å². The molecule has 0 spiro atoms. The quantitative estimate of drug-likeness (QED) is 0.456. The van der Waals surface area contributed by atoms with E-state index in [-0.39, 0.29) is 23.3 Å². The molecule has 3 aromatic carbocycles. The number of ether oxygens (including phenoxy) is 1. The Hall–Kier alpha value is -3.32. The maximum Gasteiger partial charge on any atom is 0.262 e. The predicted octanol–water partition coefficient (Wildman–Crippen LogP) is 5.55. The lowest BCUT2D eigenvalue weighted by atomic mass is 9.98. The van der Waals surface area contributed by atoms with Crippen molar-refractivity contribution in [2.45, 2.75) is 45.4 Å². The molecule has 174 valence electrons. The van der Waals surface area contributed by atoms with E-state index in [1.165, 1.54) is 24.3 Å². The maximum atomic E-state index is 12.7. The minimum atomic E-state index is -3.74. The molecule has 0 unspecified atom stereocenters. The van der Waals surface area contributed by atoms with Crippen molar-refractivity contribution in [1.29, 1.82) is 0 Å². The average molecular weight is 467 g/mol. The van der Waals surface area contributed by atoms with Crippen molar-refractivity contribution in [2.75, 3.05) is 16.6 Å². The lowest BCUT2D eigenvalue weighted by Crippen LogP contribution is -2.21. The van der Waals surface area contributed by atoms with Gasteiger partial charge in [-0.05, 0) is 79.3 Å². The topological polar surface area (TPSA) is 84.5 Å². The number of aryl methyl sites for hydroxylation is 3. The van der Waals surface area contributed by atoms with Crippen LogP contribution >= 0.6 is 0 Å².